The molecular formula is C10H12N4O. The van der Waals surface area contributed by atoms with Gasteiger partial charge in [-0.3, -0.25) is 0 Å². The number of rotatable bonds is 2. The predicted octanol–water partition coefficient (Wildman–Crippen LogP) is 1.29. The molecule has 5 heteroatoms. The summed E-state index contributed by atoms with van der Waals surface area (Å²) in [4.78, 5) is 8.42. The van der Waals surface area contributed by atoms with Crippen LogP contribution < -0.4 is 4.74 Å². The van der Waals surface area contributed by atoms with Crippen LogP contribution in [0, 0.1) is 13.8 Å². The monoisotopic (exact) mass is 204 g/mol. The molecule has 2 heterocycles. The summed E-state index contributed by atoms with van der Waals surface area (Å²) >= 11 is 0. The van der Waals surface area contributed by atoms with E-state index >= 15 is 0 Å². The minimum Gasteiger partial charge on any atom is -0.481 e. The predicted molar refractivity (Wildman–Crippen MR) is 55.2 cm³/mol. The van der Waals surface area contributed by atoms with Crippen LogP contribution in [0.1, 0.15) is 11.4 Å². The van der Waals surface area contributed by atoms with Crippen molar-refractivity contribution in [3.63, 3.8) is 0 Å². The molecular weight excluding hydrogens is 192 g/mol. The van der Waals surface area contributed by atoms with Gasteiger partial charge in [0.1, 0.15) is 0 Å². The van der Waals surface area contributed by atoms with Gasteiger partial charge in [-0.25, -0.2) is 9.97 Å². The van der Waals surface area contributed by atoms with E-state index in [1.54, 1.807) is 18.0 Å². The molecule has 0 saturated carbocycles. The second-order valence-electron chi connectivity index (χ2n) is 3.24. The number of nitrogens with zero attached hydrogens (tertiary/aromatic N) is 4. The van der Waals surface area contributed by atoms with Crippen molar-refractivity contribution in [2.24, 2.45) is 0 Å². The highest BCUT2D eigenvalue weighted by Crippen LogP contribution is 2.15. The molecule has 0 amide bonds. The first-order valence-corrected chi connectivity index (χ1v) is 4.61. The lowest BCUT2D eigenvalue weighted by molar-refractivity contribution is 0.381. The average Bonchev–Trinajstić information content (AvgIpc) is 2.59. The smallest absolute Gasteiger partial charge is 0.253 e. The quantitative estimate of drug-likeness (QED) is 0.739. The van der Waals surface area contributed by atoms with E-state index in [4.69, 9.17) is 4.74 Å². The molecule has 0 fully saturated rings. The molecule has 0 aliphatic carbocycles. The van der Waals surface area contributed by atoms with E-state index in [0.29, 0.717) is 11.8 Å². The number of aryl methyl sites for hydroxylation is 2. The summed E-state index contributed by atoms with van der Waals surface area (Å²) in [5.41, 5.74) is 1.77. The summed E-state index contributed by atoms with van der Waals surface area (Å²) in [5.74, 6) is 1.16. The van der Waals surface area contributed by atoms with E-state index in [-0.39, 0.29) is 0 Å². The molecule has 0 unspecified atom stereocenters. The van der Waals surface area contributed by atoms with Crippen LogP contribution in [-0.4, -0.2) is 26.9 Å². The highest BCUT2D eigenvalue weighted by molar-refractivity contribution is 5.24. The molecule has 0 aliphatic rings. The second-order valence-corrected chi connectivity index (χ2v) is 3.24. The Labute approximate surface area is 87.7 Å². The molecule has 0 atom stereocenters. The highest BCUT2D eigenvalue weighted by atomic mass is 16.5. The Bertz CT molecular complexity index is 478. The molecule has 2 rings (SSSR count). The molecule has 0 aromatic carbocycles. The SMILES string of the molecule is COc1cc(C)nn1-c1nccc(C)n1. The van der Waals surface area contributed by atoms with Crippen molar-refractivity contribution in [2.75, 3.05) is 7.11 Å². The normalized spacial score (nSPS) is 10.3. The summed E-state index contributed by atoms with van der Waals surface area (Å²) in [6, 6.07) is 3.68. The van der Waals surface area contributed by atoms with Crippen molar-refractivity contribution in [3.05, 3.63) is 29.7 Å². The molecule has 0 radical (unpaired) electrons. The van der Waals surface area contributed by atoms with Crippen LogP contribution >= 0.6 is 0 Å². The molecule has 0 saturated heterocycles. The third-order valence-electron chi connectivity index (χ3n) is 1.98. The van der Waals surface area contributed by atoms with Crippen LogP contribution in [0.2, 0.25) is 0 Å². The first-order valence-electron chi connectivity index (χ1n) is 4.61. The van der Waals surface area contributed by atoms with Gasteiger partial charge < -0.3 is 4.74 Å². The zero-order valence-electron chi connectivity index (χ0n) is 8.93. The second kappa shape index (κ2) is 3.68. The van der Waals surface area contributed by atoms with Crippen molar-refractivity contribution in [1.82, 2.24) is 19.7 Å². The maximum absolute atomic E-state index is 5.18. The fourth-order valence-corrected chi connectivity index (χ4v) is 1.30. The summed E-state index contributed by atoms with van der Waals surface area (Å²) in [6.07, 6.45) is 1.70. The van der Waals surface area contributed by atoms with Crippen LogP contribution in [0.3, 0.4) is 0 Å². The van der Waals surface area contributed by atoms with Crippen molar-refractivity contribution in [1.29, 1.82) is 0 Å². The molecule has 78 valence electrons. The topological polar surface area (TPSA) is 52.8 Å². The minimum atomic E-state index is 0.528. The summed E-state index contributed by atoms with van der Waals surface area (Å²) in [6.45, 7) is 3.81. The van der Waals surface area contributed by atoms with Gasteiger partial charge in [-0.05, 0) is 19.9 Å². The first-order chi connectivity index (χ1) is 7.20. The lowest BCUT2D eigenvalue weighted by Gasteiger charge is -2.03. The van der Waals surface area contributed by atoms with E-state index < -0.39 is 0 Å². The van der Waals surface area contributed by atoms with Gasteiger partial charge >= 0.3 is 0 Å². The van der Waals surface area contributed by atoms with E-state index in [0.717, 1.165) is 11.4 Å². The lowest BCUT2D eigenvalue weighted by atomic mass is 10.5. The molecule has 0 spiro atoms. The Kier molecular flexibility index (Phi) is 2.37. The van der Waals surface area contributed by atoms with Gasteiger partial charge in [0.2, 0.25) is 5.88 Å². The van der Waals surface area contributed by atoms with E-state index in [9.17, 15) is 0 Å². The maximum Gasteiger partial charge on any atom is 0.253 e. The number of methoxy groups -OCH3 is 1. The van der Waals surface area contributed by atoms with E-state index in [1.165, 1.54) is 0 Å². The molecule has 0 N–H and O–H groups in total. The summed E-state index contributed by atoms with van der Waals surface area (Å²) in [5, 5.41) is 4.26. The molecule has 0 bridgehead atoms. The number of ether oxygens (including phenoxy) is 1. The van der Waals surface area contributed by atoms with Crippen LogP contribution in [-0.2, 0) is 0 Å². The first kappa shape index (κ1) is 9.64. The van der Waals surface area contributed by atoms with Gasteiger partial charge in [0.25, 0.3) is 5.95 Å². The Morgan fingerprint density at radius 1 is 1.27 bits per heavy atom. The zero-order valence-corrected chi connectivity index (χ0v) is 8.93. The van der Waals surface area contributed by atoms with Crippen LogP contribution in [0.5, 0.6) is 5.88 Å². The maximum atomic E-state index is 5.18. The fourth-order valence-electron chi connectivity index (χ4n) is 1.30. The number of hydrogen-bond donors (Lipinski definition) is 0. The van der Waals surface area contributed by atoms with Gasteiger partial charge in [0, 0.05) is 18.0 Å². The third kappa shape index (κ3) is 1.81. The fraction of sp³-hybridized carbons (Fsp3) is 0.300. The molecule has 0 aliphatic heterocycles. The van der Waals surface area contributed by atoms with Gasteiger partial charge in [-0.2, -0.15) is 9.78 Å². The highest BCUT2D eigenvalue weighted by Gasteiger charge is 2.09. The van der Waals surface area contributed by atoms with Gasteiger partial charge in [-0.1, -0.05) is 0 Å². The summed E-state index contributed by atoms with van der Waals surface area (Å²) < 4.78 is 6.77. The molecule has 5 nitrogen and oxygen atoms in total. The third-order valence-corrected chi connectivity index (χ3v) is 1.98. The molecule has 2 aromatic heterocycles. The van der Waals surface area contributed by atoms with Gasteiger partial charge in [0.15, 0.2) is 0 Å². The average molecular weight is 204 g/mol. The largest absolute Gasteiger partial charge is 0.481 e. The lowest BCUT2D eigenvalue weighted by Crippen LogP contribution is -2.05. The van der Waals surface area contributed by atoms with Crippen molar-refractivity contribution in [3.8, 4) is 11.8 Å². The van der Waals surface area contributed by atoms with Crippen molar-refractivity contribution in [2.45, 2.75) is 13.8 Å². The van der Waals surface area contributed by atoms with Crippen LogP contribution in [0.4, 0.5) is 0 Å². The zero-order chi connectivity index (χ0) is 10.8. The van der Waals surface area contributed by atoms with Crippen LogP contribution in [0.25, 0.3) is 5.95 Å². The van der Waals surface area contributed by atoms with Crippen molar-refractivity contribution < 1.29 is 4.74 Å². The Hall–Kier alpha value is -1.91. The minimum absolute atomic E-state index is 0.528. The Morgan fingerprint density at radius 2 is 2.07 bits per heavy atom. The molecule has 15 heavy (non-hydrogen) atoms. The van der Waals surface area contributed by atoms with Crippen molar-refractivity contribution >= 4 is 0 Å². The summed E-state index contributed by atoms with van der Waals surface area (Å²) in [7, 11) is 1.60. The molecule has 2 aromatic rings. The Balaban J connectivity index is 2.53. The van der Waals surface area contributed by atoms with E-state index in [1.807, 2.05) is 26.0 Å². The number of hydrogen-bond acceptors (Lipinski definition) is 4. The standard InChI is InChI=1S/C10H12N4O/c1-7-4-5-11-10(12-7)14-9(15-3)6-8(2)13-14/h4-6H,1-3H3. The number of aromatic nitrogens is 4. The van der Waals surface area contributed by atoms with E-state index in [2.05, 4.69) is 15.1 Å². The van der Waals surface area contributed by atoms with Gasteiger partial charge in [0.05, 0.1) is 12.8 Å². The van der Waals surface area contributed by atoms with Gasteiger partial charge in [-0.15, -0.1) is 0 Å². The van der Waals surface area contributed by atoms with Crippen LogP contribution in [0.15, 0.2) is 18.3 Å². The Morgan fingerprint density at radius 3 is 2.73 bits per heavy atom.